The van der Waals surface area contributed by atoms with Gasteiger partial charge in [0.05, 0.1) is 24.9 Å². The summed E-state index contributed by atoms with van der Waals surface area (Å²) in [5.74, 6) is 0.670. The molecule has 1 amide bonds. The van der Waals surface area contributed by atoms with E-state index in [1.54, 1.807) is 18.2 Å². The van der Waals surface area contributed by atoms with Gasteiger partial charge >= 0.3 is 0 Å². The molecule has 0 aliphatic carbocycles. The fourth-order valence-electron chi connectivity index (χ4n) is 3.11. The van der Waals surface area contributed by atoms with E-state index in [0.29, 0.717) is 27.8 Å². The maximum Gasteiger partial charge on any atom is 0.257 e. The first-order valence-electron chi connectivity index (χ1n) is 8.90. The molecule has 6 nitrogen and oxygen atoms in total. The van der Waals surface area contributed by atoms with Gasteiger partial charge in [-0.1, -0.05) is 11.6 Å². The monoisotopic (exact) mass is 419 g/mol. The number of nitrogens with one attached hydrogen (secondary N) is 2. The Morgan fingerprint density at radius 2 is 1.79 bits per heavy atom. The molecular formula is C20H22ClN3O3S. The predicted molar refractivity (Wildman–Crippen MR) is 116 cm³/mol. The molecule has 2 N–H and O–H groups in total. The number of rotatable bonds is 5. The normalized spacial score (nSPS) is 13.2. The van der Waals surface area contributed by atoms with E-state index in [2.05, 4.69) is 15.5 Å². The molecule has 1 saturated heterocycles. The third-order valence-corrected chi connectivity index (χ3v) is 5.03. The summed E-state index contributed by atoms with van der Waals surface area (Å²) in [5.41, 5.74) is 2.14. The van der Waals surface area contributed by atoms with Crippen molar-refractivity contribution in [2.45, 2.75) is 12.8 Å². The molecule has 3 rings (SSSR count). The van der Waals surface area contributed by atoms with Crippen LogP contribution in [-0.2, 0) is 0 Å². The fraction of sp³-hybridized carbons (Fsp3) is 0.300. The third kappa shape index (κ3) is 4.66. The summed E-state index contributed by atoms with van der Waals surface area (Å²) in [6, 6.07) is 10.6. The average Bonchev–Trinajstić information content (AvgIpc) is 3.21. The summed E-state index contributed by atoms with van der Waals surface area (Å²) in [5, 5.41) is 6.49. The van der Waals surface area contributed by atoms with Crippen molar-refractivity contribution in [2.75, 3.05) is 37.5 Å². The summed E-state index contributed by atoms with van der Waals surface area (Å²) >= 11 is 11.7. The second kappa shape index (κ2) is 9.12. The Morgan fingerprint density at radius 3 is 2.43 bits per heavy atom. The molecule has 2 aromatic carbocycles. The number of hydrogen-bond donors (Lipinski definition) is 2. The van der Waals surface area contributed by atoms with E-state index >= 15 is 0 Å². The largest absolute Gasteiger partial charge is 0.493 e. The van der Waals surface area contributed by atoms with Crippen LogP contribution in [0.5, 0.6) is 11.5 Å². The third-order valence-electron chi connectivity index (χ3n) is 4.53. The van der Waals surface area contributed by atoms with Gasteiger partial charge in [-0.3, -0.25) is 10.1 Å². The highest BCUT2D eigenvalue weighted by atomic mass is 35.5. The summed E-state index contributed by atoms with van der Waals surface area (Å²) < 4.78 is 10.4. The zero-order chi connectivity index (χ0) is 20.1. The molecule has 0 unspecified atom stereocenters. The van der Waals surface area contributed by atoms with Crippen LogP contribution in [0.3, 0.4) is 0 Å². The molecule has 0 radical (unpaired) electrons. The Morgan fingerprint density at radius 1 is 1.07 bits per heavy atom. The molecule has 8 heteroatoms. The minimum atomic E-state index is -0.349. The maximum absolute atomic E-state index is 12.4. The number of thiocarbonyl (C=S) groups is 1. The van der Waals surface area contributed by atoms with E-state index in [1.165, 1.54) is 27.1 Å². The molecule has 1 aliphatic heterocycles. The summed E-state index contributed by atoms with van der Waals surface area (Å²) in [6.07, 6.45) is 2.37. The van der Waals surface area contributed by atoms with Crippen LogP contribution in [0.15, 0.2) is 36.4 Å². The van der Waals surface area contributed by atoms with Crippen molar-refractivity contribution in [2.24, 2.45) is 0 Å². The van der Waals surface area contributed by atoms with Crippen molar-refractivity contribution in [1.29, 1.82) is 0 Å². The number of methoxy groups -OCH3 is 2. The van der Waals surface area contributed by atoms with Crippen molar-refractivity contribution in [3.05, 3.63) is 47.0 Å². The number of carbonyl (C=O) groups excluding carboxylic acids is 1. The van der Waals surface area contributed by atoms with Gasteiger partial charge in [-0.05, 0) is 61.5 Å². The number of halogens is 1. The first-order valence-corrected chi connectivity index (χ1v) is 9.69. The smallest absolute Gasteiger partial charge is 0.257 e. The van der Waals surface area contributed by atoms with Crippen molar-refractivity contribution in [1.82, 2.24) is 5.32 Å². The lowest BCUT2D eigenvalue weighted by atomic mass is 10.2. The van der Waals surface area contributed by atoms with Crippen molar-refractivity contribution in [3.63, 3.8) is 0 Å². The lowest BCUT2D eigenvalue weighted by Gasteiger charge is -2.20. The molecule has 0 saturated carbocycles. The molecule has 148 valence electrons. The van der Waals surface area contributed by atoms with Crippen molar-refractivity contribution >= 4 is 46.2 Å². The number of amides is 1. The number of carbonyl (C=O) groups is 1. The molecule has 0 aromatic heterocycles. The quantitative estimate of drug-likeness (QED) is 0.712. The Balaban J connectivity index is 1.63. The lowest BCUT2D eigenvalue weighted by molar-refractivity contribution is 0.0977. The van der Waals surface area contributed by atoms with Crippen LogP contribution in [-0.4, -0.2) is 38.3 Å². The number of anilines is 2. The van der Waals surface area contributed by atoms with Crippen LogP contribution < -0.4 is 25.0 Å². The maximum atomic E-state index is 12.4. The second-order valence-electron chi connectivity index (χ2n) is 6.34. The van der Waals surface area contributed by atoms with Crippen LogP contribution in [0, 0.1) is 0 Å². The first kappa shape index (κ1) is 20.2. The van der Waals surface area contributed by atoms with Crippen LogP contribution in [0.2, 0.25) is 5.02 Å². The van der Waals surface area contributed by atoms with E-state index in [0.717, 1.165) is 18.8 Å². The topological polar surface area (TPSA) is 62.8 Å². The fourth-order valence-corrected chi connectivity index (χ4v) is 3.62. The van der Waals surface area contributed by atoms with E-state index in [1.807, 2.05) is 18.2 Å². The summed E-state index contributed by atoms with van der Waals surface area (Å²) in [4.78, 5) is 14.7. The van der Waals surface area contributed by atoms with E-state index < -0.39 is 0 Å². The minimum Gasteiger partial charge on any atom is -0.493 e. The SMILES string of the molecule is COc1ccc(C(=O)NC(=S)Nc2ccc(N3CCCC3)c(Cl)c2)cc1OC. The van der Waals surface area contributed by atoms with E-state index in [-0.39, 0.29) is 11.0 Å². The molecule has 28 heavy (non-hydrogen) atoms. The van der Waals surface area contributed by atoms with Gasteiger partial charge in [0.15, 0.2) is 16.6 Å². The summed E-state index contributed by atoms with van der Waals surface area (Å²) in [6.45, 7) is 2.04. The zero-order valence-corrected chi connectivity index (χ0v) is 17.3. The lowest BCUT2D eigenvalue weighted by Crippen LogP contribution is -2.34. The number of nitrogens with zero attached hydrogens (tertiary/aromatic N) is 1. The van der Waals surface area contributed by atoms with Gasteiger partial charge in [-0.25, -0.2) is 0 Å². The highest BCUT2D eigenvalue weighted by Crippen LogP contribution is 2.31. The summed E-state index contributed by atoms with van der Waals surface area (Å²) in [7, 11) is 3.05. The molecule has 1 heterocycles. The Kier molecular flexibility index (Phi) is 6.59. The van der Waals surface area contributed by atoms with Crippen LogP contribution >= 0.6 is 23.8 Å². The van der Waals surface area contributed by atoms with Gasteiger partial charge in [0.1, 0.15) is 0 Å². The van der Waals surface area contributed by atoms with Gasteiger partial charge in [0.25, 0.3) is 5.91 Å². The van der Waals surface area contributed by atoms with Gasteiger partial charge in [0.2, 0.25) is 0 Å². The Hall–Kier alpha value is -2.51. The molecule has 0 bridgehead atoms. The molecule has 2 aromatic rings. The van der Waals surface area contributed by atoms with Crippen LogP contribution in [0.4, 0.5) is 11.4 Å². The highest BCUT2D eigenvalue weighted by molar-refractivity contribution is 7.80. The van der Waals surface area contributed by atoms with Gasteiger partial charge in [0, 0.05) is 24.3 Å². The molecule has 1 fully saturated rings. The Labute approximate surface area is 174 Å². The molecular weight excluding hydrogens is 398 g/mol. The highest BCUT2D eigenvalue weighted by Gasteiger charge is 2.16. The number of hydrogen-bond acceptors (Lipinski definition) is 5. The van der Waals surface area contributed by atoms with Gasteiger partial charge in [-0.15, -0.1) is 0 Å². The second-order valence-corrected chi connectivity index (χ2v) is 7.15. The van der Waals surface area contributed by atoms with E-state index in [9.17, 15) is 4.79 Å². The Bertz CT molecular complexity index is 885. The first-order chi connectivity index (χ1) is 13.5. The average molecular weight is 420 g/mol. The molecule has 1 aliphatic rings. The number of benzene rings is 2. The zero-order valence-electron chi connectivity index (χ0n) is 15.8. The standard InChI is InChI=1S/C20H22ClN3O3S/c1-26-17-8-5-13(11-18(17)27-2)19(25)23-20(28)22-14-6-7-16(15(21)12-14)24-9-3-4-10-24/h5-8,11-12H,3-4,9-10H2,1-2H3,(H2,22,23,25,28). The van der Waals surface area contributed by atoms with Crippen molar-refractivity contribution in [3.8, 4) is 11.5 Å². The number of ether oxygens (including phenoxy) is 2. The predicted octanol–water partition coefficient (Wildman–Crippen LogP) is 4.08. The van der Waals surface area contributed by atoms with Gasteiger partial charge in [-0.2, -0.15) is 0 Å². The van der Waals surface area contributed by atoms with Crippen LogP contribution in [0.1, 0.15) is 23.2 Å². The van der Waals surface area contributed by atoms with Crippen LogP contribution in [0.25, 0.3) is 0 Å². The van der Waals surface area contributed by atoms with Gasteiger partial charge < -0.3 is 19.7 Å². The van der Waals surface area contributed by atoms with Crippen molar-refractivity contribution < 1.29 is 14.3 Å². The minimum absolute atomic E-state index is 0.185. The molecule has 0 spiro atoms. The van der Waals surface area contributed by atoms with E-state index in [4.69, 9.17) is 33.3 Å². The molecule has 0 atom stereocenters.